The molecule has 3 rings (SSSR count). The van der Waals surface area contributed by atoms with E-state index in [9.17, 15) is 14.7 Å². The van der Waals surface area contributed by atoms with Gasteiger partial charge in [-0.25, -0.2) is 4.79 Å². The number of carboxylic acids is 1. The highest BCUT2D eigenvalue weighted by molar-refractivity contribution is 7.21. The third-order valence-electron chi connectivity index (χ3n) is 3.70. The fraction of sp³-hybridized carbons (Fsp3) is 0.333. The van der Waals surface area contributed by atoms with E-state index in [1.807, 2.05) is 31.2 Å². The second kappa shape index (κ2) is 4.90. The molecule has 1 saturated carbocycles. The van der Waals surface area contributed by atoms with Crippen LogP contribution in [0.2, 0.25) is 0 Å². The maximum Gasteiger partial charge on any atom is 0.326 e. The van der Waals surface area contributed by atoms with Crippen LogP contribution in [0.15, 0.2) is 24.3 Å². The molecule has 5 heteroatoms. The van der Waals surface area contributed by atoms with Crippen molar-refractivity contribution in [3.8, 4) is 0 Å². The first-order valence-corrected chi connectivity index (χ1v) is 7.41. The van der Waals surface area contributed by atoms with Gasteiger partial charge in [0, 0.05) is 4.70 Å². The maximum atomic E-state index is 12.3. The summed E-state index contributed by atoms with van der Waals surface area (Å²) in [5.74, 6) is -1.13. The van der Waals surface area contributed by atoms with Gasteiger partial charge < -0.3 is 10.4 Å². The van der Waals surface area contributed by atoms with Gasteiger partial charge in [-0.15, -0.1) is 11.3 Å². The van der Waals surface area contributed by atoms with Gasteiger partial charge in [0.1, 0.15) is 6.04 Å². The van der Waals surface area contributed by atoms with Crippen LogP contribution in [0.5, 0.6) is 0 Å². The van der Waals surface area contributed by atoms with Crippen LogP contribution in [-0.2, 0) is 4.79 Å². The van der Waals surface area contributed by atoms with Crippen molar-refractivity contribution in [1.29, 1.82) is 0 Å². The number of carboxylic acid groups (broad SMARTS) is 1. The third kappa shape index (κ3) is 2.29. The van der Waals surface area contributed by atoms with E-state index in [0.29, 0.717) is 4.88 Å². The number of hydrogen-bond acceptors (Lipinski definition) is 3. The minimum atomic E-state index is -0.945. The zero-order valence-corrected chi connectivity index (χ0v) is 11.9. The molecule has 1 aliphatic rings. The Morgan fingerprint density at radius 3 is 2.65 bits per heavy atom. The van der Waals surface area contributed by atoms with Crippen molar-refractivity contribution in [1.82, 2.24) is 5.32 Å². The van der Waals surface area contributed by atoms with Gasteiger partial charge in [-0.1, -0.05) is 18.2 Å². The van der Waals surface area contributed by atoms with Crippen LogP contribution >= 0.6 is 11.3 Å². The largest absolute Gasteiger partial charge is 0.480 e. The SMILES string of the molecule is Cc1c(C(=O)NC(C(=O)O)C2CC2)sc2ccccc12. The van der Waals surface area contributed by atoms with E-state index in [4.69, 9.17) is 0 Å². The minimum Gasteiger partial charge on any atom is -0.480 e. The van der Waals surface area contributed by atoms with Crippen molar-refractivity contribution < 1.29 is 14.7 Å². The average Bonchev–Trinajstić information content (AvgIpc) is 3.20. The summed E-state index contributed by atoms with van der Waals surface area (Å²) < 4.78 is 1.05. The third-order valence-corrected chi connectivity index (χ3v) is 4.97. The van der Waals surface area contributed by atoms with Crippen molar-refractivity contribution in [2.75, 3.05) is 0 Å². The Balaban J connectivity index is 1.88. The molecule has 2 aromatic rings. The number of nitrogens with one attached hydrogen (secondary N) is 1. The molecule has 4 nitrogen and oxygen atoms in total. The zero-order valence-electron chi connectivity index (χ0n) is 11.1. The van der Waals surface area contributed by atoms with Crippen molar-refractivity contribution in [2.24, 2.45) is 5.92 Å². The number of thiophene rings is 1. The molecule has 0 aliphatic heterocycles. The molecule has 1 aliphatic carbocycles. The first kappa shape index (κ1) is 13.1. The summed E-state index contributed by atoms with van der Waals surface area (Å²) in [6, 6.07) is 7.07. The van der Waals surface area contributed by atoms with Crippen LogP contribution in [-0.4, -0.2) is 23.0 Å². The van der Waals surface area contributed by atoms with E-state index in [1.54, 1.807) is 0 Å². The summed E-state index contributed by atoms with van der Waals surface area (Å²) in [7, 11) is 0. The van der Waals surface area contributed by atoms with Crippen LogP contribution in [0.3, 0.4) is 0 Å². The highest BCUT2D eigenvalue weighted by Crippen LogP contribution is 2.34. The van der Waals surface area contributed by atoms with Crippen molar-refractivity contribution in [3.63, 3.8) is 0 Å². The Labute approximate surface area is 120 Å². The molecule has 0 spiro atoms. The highest BCUT2D eigenvalue weighted by Gasteiger charge is 2.37. The predicted octanol–water partition coefficient (Wildman–Crippen LogP) is 2.80. The molecular formula is C15H15NO3S. The lowest BCUT2D eigenvalue weighted by Crippen LogP contribution is -2.42. The number of aliphatic carboxylic acids is 1. The molecule has 1 amide bonds. The lowest BCUT2D eigenvalue weighted by molar-refractivity contribution is -0.139. The van der Waals surface area contributed by atoms with E-state index in [2.05, 4.69) is 5.32 Å². The smallest absolute Gasteiger partial charge is 0.326 e. The number of carbonyl (C=O) groups is 2. The lowest BCUT2D eigenvalue weighted by Gasteiger charge is -2.13. The Kier molecular flexibility index (Phi) is 3.22. The molecule has 1 heterocycles. The van der Waals surface area contributed by atoms with E-state index >= 15 is 0 Å². The van der Waals surface area contributed by atoms with Crippen molar-refractivity contribution in [3.05, 3.63) is 34.7 Å². The molecule has 1 unspecified atom stereocenters. The number of rotatable bonds is 4. The number of fused-ring (bicyclic) bond motifs is 1. The summed E-state index contributed by atoms with van der Waals surface area (Å²) in [5.41, 5.74) is 0.919. The van der Waals surface area contributed by atoms with Crippen LogP contribution in [0.4, 0.5) is 0 Å². The topological polar surface area (TPSA) is 66.4 Å². The second-order valence-corrected chi connectivity index (χ2v) is 6.23. The Hall–Kier alpha value is -1.88. The van der Waals surface area contributed by atoms with E-state index in [-0.39, 0.29) is 11.8 Å². The molecule has 1 atom stereocenters. The van der Waals surface area contributed by atoms with Gasteiger partial charge in [0.15, 0.2) is 0 Å². The van der Waals surface area contributed by atoms with Crippen LogP contribution in [0, 0.1) is 12.8 Å². The summed E-state index contributed by atoms with van der Waals surface area (Å²) in [6.07, 6.45) is 1.76. The number of amides is 1. The zero-order chi connectivity index (χ0) is 14.3. The molecule has 104 valence electrons. The fourth-order valence-corrected chi connectivity index (χ4v) is 3.52. The molecule has 1 aromatic heterocycles. The van der Waals surface area contributed by atoms with Gasteiger partial charge in [0.05, 0.1) is 4.88 Å². The molecular weight excluding hydrogens is 274 g/mol. The first-order valence-electron chi connectivity index (χ1n) is 6.59. The first-order chi connectivity index (χ1) is 9.58. The summed E-state index contributed by atoms with van der Waals surface area (Å²) in [4.78, 5) is 24.1. The second-order valence-electron chi connectivity index (χ2n) is 5.18. The Morgan fingerprint density at radius 1 is 1.35 bits per heavy atom. The van der Waals surface area contributed by atoms with E-state index in [1.165, 1.54) is 11.3 Å². The number of benzene rings is 1. The fourth-order valence-electron chi connectivity index (χ4n) is 2.41. The van der Waals surface area contributed by atoms with E-state index < -0.39 is 12.0 Å². The van der Waals surface area contributed by atoms with Crippen LogP contribution in [0.25, 0.3) is 10.1 Å². The predicted molar refractivity (Wildman–Crippen MR) is 78.2 cm³/mol. The summed E-state index contributed by atoms with van der Waals surface area (Å²) >= 11 is 1.41. The van der Waals surface area contributed by atoms with Crippen LogP contribution < -0.4 is 5.32 Å². The maximum absolute atomic E-state index is 12.3. The van der Waals surface area contributed by atoms with E-state index in [0.717, 1.165) is 28.5 Å². The standard InChI is InChI=1S/C15H15NO3S/c1-8-10-4-2-3-5-11(10)20-13(8)14(17)16-12(15(18)19)9-6-7-9/h2-5,9,12H,6-7H2,1H3,(H,16,17)(H,18,19). The number of hydrogen-bond donors (Lipinski definition) is 2. The molecule has 2 N–H and O–H groups in total. The van der Waals surface area contributed by atoms with Crippen molar-refractivity contribution in [2.45, 2.75) is 25.8 Å². The average molecular weight is 289 g/mol. The number of carbonyl (C=O) groups excluding carboxylic acids is 1. The lowest BCUT2D eigenvalue weighted by atomic mass is 10.1. The van der Waals surface area contributed by atoms with Gasteiger partial charge in [-0.2, -0.15) is 0 Å². The Morgan fingerprint density at radius 2 is 2.05 bits per heavy atom. The monoisotopic (exact) mass is 289 g/mol. The summed E-state index contributed by atoms with van der Waals surface area (Å²) in [5, 5.41) is 12.9. The normalized spacial score (nSPS) is 16.1. The Bertz CT molecular complexity index is 687. The summed E-state index contributed by atoms with van der Waals surface area (Å²) in [6.45, 7) is 1.90. The molecule has 20 heavy (non-hydrogen) atoms. The quantitative estimate of drug-likeness (QED) is 0.909. The highest BCUT2D eigenvalue weighted by atomic mass is 32.1. The van der Waals surface area contributed by atoms with Crippen molar-refractivity contribution >= 4 is 33.3 Å². The van der Waals surface area contributed by atoms with Gasteiger partial charge in [-0.05, 0) is 42.7 Å². The molecule has 0 saturated heterocycles. The molecule has 1 fully saturated rings. The molecule has 0 radical (unpaired) electrons. The van der Waals surface area contributed by atoms with Gasteiger partial charge in [0.25, 0.3) is 5.91 Å². The molecule has 1 aromatic carbocycles. The van der Waals surface area contributed by atoms with Gasteiger partial charge in [-0.3, -0.25) is 4.79 Å². The minimum absolute atomic E-state index is 0.0890. The van der Waals surface area contributed by atoms with Gasteiger partial charge in [0.2, 0.25) is 0 Å². The molecule has 0 bridgehead atoms. The number of aryl methyl sites for hydroxylation is 1. The van der Waals surface area contributed by atoms with Crippen LogP contribution in [0.1, 0.15) is 28.1 Å². The van der Waals surface area contributed by atoms with Gasteiger partial charge >= 0.3 is 5.97 Å².